The minimum Gasteiger partial charge on any atom is -0.487 e. The van der Waals surface area contributed by atoms with Gasteiger partial charge in [-0.15, -0.1) is 0 Å². The smallest absolute Gasteiger partial charge is 0.272 e. The highest BCUT2D eigenvalue weighted by Gasteiger charge is 2.44. The lowest BCUT2D eigenvalue weighted by Gasteiger charge is -2.44. The lowest BCUT2D eigenvalue weighted by Crippen LogP contribution is -2.57. The molecule has 1 saturated carbocycles. The average Bonchev–Trinajstić information content (AvgIpc) is 3.02. The second kappa shape index (κ2) is 14.2. The number of anilines is 1. The van der Waals surface area contributed by atoms with E-state index >= 15 is 0 Å². The van der Waals surface area contributed by atoms with Crippen LogP contribution in [-0.4, -0.2) is 82.8 Å². The van der Waals surface area contributed by atoms with E-state index in [1.165, 1.54) is 19.9 Å². The fourth-order valence-corrected chi connectivity index (χ4v) is 8.16. The van der Waals surface area contributed by atoms with Gasteiger partial charge in [0.05, 0.1) is 43.0 Å². The summed E-state index contributed by atoms with van der Waals surface area (Å²) in [6, 6.07) is 10.5. The van der Waals surface area contributed by atoms with Crippen LogP contribution in [0, 0.1) is 11.8 Å². The lowest BCUT2D eigenvalue weighted by atomic mass is 9.70. The fraction of sp³-hybridized carbons (Fsp3) is 0.571. The van der Waals surface area contributed by atoms with Crippen LogP contribution < -0.4 is 14.4 Å². The van der Waals surface area contributed by atoms with Crippen molar-refractivity contribution in [2.75, 3.05) is 50.8 Å². The normalized spacial score (nSPS) is 27.8. The highest BCUT2D eigenvalue weighted by molar-refractivity contribution is 7.90. The molecule has 4 aliphatic rings. The van der Waals surface area contributed by atoms with Gasteiger partial charge in [0.2, 0.25) is 0 Å². The molecule has 2 aromatic carbocycles. The van der Waals surface area contributed by atoms with Crippen LogP contribution in [0.2, 0.25) is 5.02 Å². The first-order valence-electron chi connectivity index (χ1n) is 16.7. The number of sulfonamides is 1. The molecule has 0 unspecified atom stereocenters. The van der Waals surface area contributed by atoms with E-state index in [0.29, 0.717) is 42.7 Å². The summed E-state index contributed by atoms with van der Waals surface area (Å²) in [7, 11) is -4.24. The van der Waals surface area contributed by atoms with Crippen LogP contribution in [0.1, 0.15) is 50.7 Å². The minimum atomic E-state index is -4.24. The van der Waals surface area contributed by atoms with Crippen molar-refractivity contribution in [2.24, 2.45) is 11.8 Å². The van der Waals surface area contributed by atoms with Gasteiger partial charge in [0.15, 0.2) is 0 Å². The van der Waals surface area contributed by atoms with Crippen molar-refractivity contribution in [1.82, 2.24) is 9.62 Å². The van der Waals surface area contributed by atoms with E-state index in [-0.39, 0.29) is 49.1 Å². The van der Waals surface area contributed by atoms with Crippen LogP contribution >= 0.6 is 11.6 Å². The number of carbonyl (C=O) groups is 1. The van der Waals surface area contributed by atoms with Gasteiger partial charge in [0.1, 0.15) is 18.0 Å². The summed E-state index contributed by atoms with van der Waals surface area (Å²) in [5.74, 6) is -2.49. The maximum atomic E-state index is 13.6. The maximum Gasteiger partial charge on any atom is 0.272 e. The van der Waals surface area contributed by atoms with Gasteiger partial charge >= 0.3 is 0 Å². The van der Waals surface area contributed by atoms with E-state index in [1.807, 2.05) is 24.3 Å². The molecule has 6 rings (SSSR count). The number of amides is 1. The van der Waals surface area contributed by atoms with Gasteiger partial charge < -0.3 is 19.1 Å². The molecule has 9 nitrogen and oxygen atoms in total. The van der Waals surface area contributed by atoms with Gasteiger partial charge in [-0.1, -0.05) is 29.8 Å². The van der Waals surface area contributed by atoms with Gasteiger partial charge in [0.25, 0.3) is 21.9 Å². The van der Waals surface area contributed by atoms with Crippen molar-refractivity contribution in [3.8, 4) is 5.75 Å². The molecule has 13 heteroatoms. The molecule has 2 fully saturated rings. The number of alkyl halides is 2. The number of benzene rings is 2. The number of rotatable bonds is 4. The zero-order valence-corrected chi connectivity index (χ0v) is 29.0. The number of hydrogen-bond donors (Lipinski definition) is 1. The van der Waals surface area contributed by atoms with E-state index < -0.39 is 27.5 Å². The van der Waals surface area contributed by atoms with Crippen molar-refractivity contribution in [2.45, 2.75) is 75.1 Å². The van der Waals surface area contributed by atoms with Crippen molar-refractivity contribution in [1.29, 1.82) is 0 Å². The summed E-state index contributed by atoms with van der Waals surface area (Å²) in [6.45, 7) is 4.93. The van der Waals surface area contributed by atoms with E-state index in [9.17, 15) is 22.0 Å². The van der Waals surface area contributed by atoms with Crippen LogP contribution in [0.5, 0.6) is 5.75 Å². The number of hydrogen-bond acceptors (Lipinski definition) is 8. The fourth-order valence-electron chi connectivity index (χ4n) is 6.84. The van der Waals surface area contributed by atoms with Crippen molar-refractivity contribution >= 4 is 33.2 Å². The first kappa shape index (κ1) is 35.1. The predicted molar refractivity (Wildman–Crippen MR) is 179 cm³/mol. The second-order valence-corrected chi connectivity index (χ2v) is 15.9. The predicted octanol–water partition coefficient (Wildman–Crippen LogP) is 5.59. The summed E-state index contributed by atoms with van der Waals surface area (Å²) in [5.41, 5.74) is 1.34. The Morgan fingerprint density at radius 2 is 1.90 bits per heavy atom. The zero-order valence-electron chi connectivity index (χ0n) is 27.4. The number of nitrogens with zero attached hydrogens (tertiary/aromatic N) is 2. The second-order valence-electron chi connectivity index (χ2n) is 13.8. The van der Waals surface area contributed by atoms with Crippen LogP contribution in [0.4, 0.5) is 14.5 Å². The number of likely N-dealkylation sites (tertiary alicyclic amines) is 1. The van der Waals surface area contributed by atoms with Crippen molar-refractivity contribution < 1.29 is 36.2 Å². The Labute approximate surface area is 286 Å². The molecule has 1 aliphatic carbocycles. The Morgan fingerprint density at radius 1 is 1.08 bits per heavy atom. The van der Waals surface area contributed by atoms with Crippen LogP contribution in [0.15, 0.2) is 53.4 Å². The molecule has 3 aliphatic heterocycles. The molecule has 0 spiro atoms. The molecule has 48 heavy (non-hydrogen) atoms. The Balaban J connectivity index is 1.31. The maximum absolute atomic E-state index is 13.6. The third-order valence-corrected chi connectivity index (χ3v) is 11.4. The molecule has 0 radical (unpaired) electrons. The quantitative estimate of drug-likeness (QED) is 0.411. The SMILES string of the molecule is CC1(C)OC/C=C\[C@H](OCCN2CC(F)(F)C2)[C@@H]2CC[C@H]2CN2CCCCc3cc(Cl)ccc3COc3ccc(cc32)S(=O)(=O)NC1=O. The molecule has 1 N–H and O–H groups in total. The van der Waals surface area contributed by atoms with Crippen LogP contribution in [-0.2, 0) is 37.3 Å². The molecule has 2 aromatic rings. The monoisotopic (exact) mass is 707 g/mol. The summed E-state index contributed by atoms with van der Waals surface area (Å²) < 4.78 is 74.7. The summed E-state index contributed by atoms with van der Waals surface area (Å²) >= 11 is 6.33. The summed E-state index contributed by atoms with van der Waals surface area (Å²) in [5, 5.41) is 0.671. The standard InChI is InChI=1S/C35H44ClF2N3O6S/c1-34(2)33(42)39-48(43,44)28-11-13-32-30(19-28)41(14-4-3-6-24-18-27(36)10-8-26(24)21-46-32)20-25-9-12-29(25)31(7-5-16-47-34)45-17-15-40-22-35(37,38)23-40/h5,7-8,10-11,13,18-19,25,29,31H,3-4,6,9,12,14-17,20-23H2,1-2H3,(H,39,42)/b7-5-/t25-,29+,31-/m0/s1. The highest BCUT2D eigenvalue weighted by atomic mass is 35.5. The third kappa shape index (κ3) is 8.16. The lowest BCUT2D eigenvalue weighted by molar-refractivity contribution is -0.139. The van der Waals surface area contributed by atoms with E-state index in [0.717, 1.165) is 43.2 Å². The van der Waals surface area contributed by atoms with E-state index in [2.05, 4.69) is 9.62 Å². The number of fused-ring (bicyclic) bond motifs is 3. The topological polar surface area (TPSA) is 97.4 Å². The highest BCUT2D eigenvalue weighted by Crippen LogP contribution is 2.42. The Bertz CT molecular complexity index is 1630. The molecule has 3 atom stereocenters. The largest absolute Gasteiger partial charge is 0.487 e. The molecule has 262 valence electrons. The average molecular weight is 708 g/mol. The number of carbonyl (C=O) groups excluding carboxylic acids is 1. The Morgan fingerprint density at radius 3 is 2.65 bits per heavy atom. The number of halogens is 3. The van der Waals surface area contributed by atoms with Gasteiger partial charge in [0, 0.05) is 24.7 Å². The first-order chi connectivity index (χ1) is 22.8. The van der Waals surface area contributed by atoms with E-state index in [4.69, 9.17) is 25.8 Å². The molecular formula is C35H44ClF2N3O6S. The molecule has 1 amide bonds. The van der Waals surface area contributed by atoms with Crippen molar-refractivity contribution in [3.05, 3.63) is 64.7 Å². The first-order valence-corrected chi connectivity index (χ1v) is 18.5. The van der Waals surface area contributed by atoms with Crippen LogP contribution in [0.25, 0.3) is 0 Å². The Hall–Kier alpha value is -2.77. The van der Waals surface area contributed by atoms with Crippen LogP contribution in [0.3, 0.4) is 0 Å². The summed E-state index contributed by atoms with van der Waals surface area (Å²) in [6.07, 6.45) is 7.93. The molecular weight excluding hydrogens is 664 g/mol. The van der Waals surface area contributed by atoms with Gasteiger partial charge in [-0.3, -0.25) is 9.69 Å². The molecule has 0 aromatic heterocycles. The van der Waals surface area contributed by atoms with Gasteiger partial charge in [-0.25, -0.2) is 21.9 Å². The van der Waals surface area contributed by atoms with Gasteiger partial charge in [-0.2, -0.15) is 0 Å². The number of aryl methyl sites for hydroxylation is 1. The zero-order chi connectivity index (χ0) is 34.1. The molecule has 1 saturated heterocycles. The Kier molecular flexibility index (Phi) is 10.4. The third-order valence-electron chi connectivity index (χ3n) is 9.88. The number of nitrogens with one attached hydrogen (secondary N) is 1. The minimum absolute atomic E-state index is 0.0454. The summed E-state index contributed by atoms with van der Waals surface area (Å²) in [4.78, 5) is 17.0. The number of ether oxygens (including phenoxy) is 3. The molecule has 3 heterocycles. The molecule has 2 bridgehead atoms. The van der Waals surface area contributed by atoms with Crippen molar-refractivity contribution in [3.63, 3.8) is 0 Å². The van der Waals surface area contributed by atoms with E-state index in [1.54, 1.807) is 23.1 Å². The van der Waals surface area contributed by atoms with Gasteiger partial charge in [-0.05, 0) is 99.2 Å².